The molecule has 1 saturated heterocycles. The predicted octanol–water partition coefficient (Wildman–Crippen LogP) is 4.99. The number of aromatic nitrogens is 6. The Bertz CT molecular complexity index is 1900. The van der Waals surface area contributed by atoms with E-state index in [1.165, 1.54) is 12.3 Å². The lowest BCUT2D eigenvalue weighted by Crippen LogP contribution is -2.28. The molecule has 0 N–H and O–H groups in total. The van der Waals surface area contributed by atoms with Gasteiger partial charge in [0, 0.05) is 50.3 Å². The normalized spacial score (nSPS) is 15.4. The van der Waals surface area contributed by atoms with Crippen LogP contribution < -0.4 is 4.74 Å². The number of hydrogen-bond donors (Lipinski definition) is 0. The maximum absolute atomic E-state index is 15.7. The first-order chi connectivity index (χ1) is 20.7. The fraction of sp³-hybridized carbons (Fsp3) is 0.400. The molecular weight excluding hydrogens is 578 g/mol. The van der Waals surface area contributed by atoms with Crippen molar-refractivity contribution >= 4 is 31.8 Å². The van der Waals surface area contributed by atoms with Crippen molar-refractivity contribution < 1.29 is 26.7 Å². The van der Waals surface area contributed by atoms with Gasteiger partial charge in [0.15, 0.2) is 9.84 Å². The summed E-state index contributed by atoms with van der Waals surface area (Å²) in [5.41, 5.74) is 3.87. The summed E-state index contributed by atoms with van der Waals surface area (Å²) in [7, 11) is -2.05. The van der Waals surface area contributed by atoms with Gasteiger partial charge in [-0.3, -0.25) is 9.37 Å². The van der Waals surface area contributed by atoms with Crippen LogP contribution in [0.1, 0.15) is 36.6 Å². The Balaban J connectivity index is 1.77. The van der Waals surface area contributed by atoms with Gasteiger partial charge in [0.25, 0.3) is 0 Å². The van der Waals surface area contributed by atoms with Crippen LogP contribution in [-0.2, 0) is 21.6 Å². The Hall–Kier alpha value is -3.97. The monoisotopic (exact) mass is 610 g/mol. The van der Waals surface area contributed by atoms with E-state index in [-0.39, 0.29) is 29.7 Å². The number of pyridine rings is 2. The molecule has 5 heterocycles. The standard InChI is InChI=1S/C30H32F2N6O4S/c1-18-27(37(2)36-35-18)20-15-23-26(33-16-20)25-29(24(43(3,39)40)17-34-30(25)42-12-6-11-31)38(23)28(19-9-13-41-14-10-19)21-7-4-5-8-22(21)32/h4-5,7-8,15-17,19,28H,6,9-14H2,1-3H3/t28-/m0/s1. The summed E-state index contributed by atoms with van der Waals surface area (Å²) in [6.07, 6.45) is 5.46. The molecule has 1 fully saturated rings. The maximum Gasteiger partial charge on any atom is 0.225 e. The summed E-state index contributed by atoms with van der Waals surface area (Å²) in [6.45, 7) is 2.29. The van der Waals surface area contributed by atoms with Crippen molar-refractivity contribution in [3.63, 3.8) is 0 Å². The molecule has 10 nitrogen and oxygen atoms in total. The molecule has 0 amide bonds. The summed E-state index contributed by atoms with van der Waals surface area (Å²) >= 11 is 0. The Kier molecular flexibility index (Phi) is 7.86. The summed E-state index contributed by atoms with van der Waals surface area (Å²) in [5.74, 6) is -0.360. The van der Waals surface area contributed by atoms with Crippen LogP contribution in [-0.4, -0.2) is 70.7 Å². The molecular formula is C30H32F2N6O4S. The fourth-order valence-corrected chi connectivity index (χ4v) is 6.89. The van der Waals surface area contributed by atoms with Crippen LogP contribution in [0.2, 0.25) is 0 Å². The van der Waals surface area contributed by atoms with Gasteiger partial charge >= 0.3 is 0 Å². The molecule has 0 aliphatic carbocycles. The molecule has 0 radical (unpaired) electrons. The lowest BCUT2D eigenvalue weighted by atomic mass is 9.86. The van der Waals surface area contributed by atoms with E-state index in [0.717, 1.165) is 11.9 Å². The molecule has 1 aliphatic rings. The van der Waals surface area contributed by atoms with E-state index in [1.54, 1.807) is 36.1 Å². The van der Waals surface area contributed by atoms with Gasteiger partial charge in [-0.1, -0.05) is 23.4 Å². The minimum absolute atomic E-state index is 0.0355. The lowest BCUT2D eigenvalue weighted by Gasteiger charge is -2.33. The maximum atomic E-state index is 15.7. The number of hydrogen-bond acceptors (Lipinski definition) is 8. The Labute approximate surface area is 247 Å². The van der Waals surface area contributed by atoms with Gasteiger partial charge in [0.05, 0.1) is 53.3 Å². The first-order valence-corrected chi connectivity index (χ1v) is 16.0. The van der Waals surface area contributed by atoms with E-state index < -0.39 is 28.4 Å². The molecule has 5 aromatic rings. The van der Waals surface area contributed by atoms with Gasteiger partial charge in [-0.25, -0.2) is 22.5 Å². The van der Waals surface area contributed by atoms with Crippen molar-refractivity contribution in [1.29, 1.82) is 0 Å². The highest BCUT2D eigenvalue weighted by Gasteiger charge is 2.35. The van der Waals surface area contributed by atoms with Crippen LogP contribution in [0, 0.1) is 18.7 Å². The summed E-state index contributed by atoms with van der Waals surface area (Å²) in [5, 5.41) is 8.69. The first kappa shape index (κ1) is 29.1. The van der Waals surface area contributed by atoms with Gasteiger partial charge in [-0.2, -0.15) is 0 Å². The quantitative estimate of drug-likeness (QED) is 0.215. The smallest absolute Gasteiger partial charge is 0.225 e. The molecule has 0 unspecified atom stereocenters. The molecule has 4 aromatic heterocycles. The summed E-state index contributed by atoms with van der Waals surface area (Å²) < 4.78 is 70.5. The van der Waals surface area contributed by atoms with Crippen molar-refractivity contribution in [2.45, 2.75) is 37.1 Å². The summed E-state index contributed by atoms with van der Waals surface area (Å²) in [4.78, 5) is 9.17. The number of sulfone groups is 1. The SMILES string of the molecule is Cc1nnn(C)c1-c1cnc2c3c(OCCCF)ncc(S(C)(=O)=O)c3n([C@H](c3ccccc3F)C3CCOCC3)c2c1. The number of alkyl halides is 1. The number of aryl methyl sites for hydroxylation is 2. The van der Waals surface area contributed by atoms with Crippen LogP contribution in [0.25, 0.3) is 33.2 Å². The summed E-state index contributed by atoms with van der Waals surface area (Å²) in [6, 6.07) is 7.84. The number of fused-ring (bicyclic) bond motifs is 3. The molecule has 1 aromatic carbocycles. The second kappa shape index (κ2) is 11.6. The average Bonchev–Trinajstić information content (AvgIpc) is 3.50. The number of rotatable bonds is 9. The van der Waals surface area contributed by atoms with E-state index in [0.29, 0.717) is 64.8 Å². The van der Waals surface area contributed by atoms with Gasteiger partial charge < -0.3 is 14.0 Å². The van der Waals surface area contributed by atoms with Gasteiger partial charge in [-0.15, -0.1) is 5.10 Å². The van der Waals surface area contributed by atoms with Crippen molar-refractivity contribution in [3.05, 3.63) is 59.8 Å². The van der Waals surface area contributed by atoms with Gasteiger partial charge in [-0.05, 0) is 37.8 Å². The molecule has 0 bridgehead atoms. The molecule has 226 valence electrons. The third-order valence-electron chi connectivity index (χ3n) is 7.99. The Morgan fingerprint density at radius 3 is 2.60 bits per heavy atom. The third kappa shape index (κ3) is 5.24. The zero-order valence-corrected chi connectivity index (χ0v) is 24.9. The van der Waals surface area contributed by atoms with Crippen LogP contribution in [0.3, 0.4) is 0 Å². The second-order valence-electron chi connectivity index (χ2n) is 10.8. The van der Waals surface area contributed by atoms with Crippen LogP contribution >= 0.6 is 0 Å². The van der Waals surface area contributed by atoms with Crippen LogP contribution in [0.5, 0.6) is 5.88 Å². The highest BCUT2D eigenvalue weighted by Crippen LogP contribution is 2.45. The molecule has 43 heavy (non-hydrogen) atoms. The lowest BCUT2D eigenvalue weighted by molar-refractivity contribution is 0.0548. The van der Waals surface area contributed by atoms with Crippen molar-refractivity contribution in [3.8, 4) is 17.1 Å². The zero-order chi connectivity index (χ0) is 30.3. The number of nitrogens with zero attached hydrogens (tertiary/aromatic N) is 6. The number of benzene rings is 1. The highest BCUT2D eigenvalue weighted by atomic mass is 32.2. The molecule has 1 atom stereocenters. The fourth-order valence-electron chi connectivity index (χ4n) is 6.10. The average molecular weight is 611 g/mol. The minimum atomic E-state index is -3.83. The van der Waals surface area contributed by atoms with E-state index in [2.05, 4.69) is 15.3 Å². The molecule has 6 rings (SSSR count). The molecule has 1 aliphatic heterocycles. The van der Waals surface area contributed by atoms with E-state index >= 15 is 4.39 Å². The van der Waals surface area contributed by atoms with Crippen molar-refractivity contribution in [1.82, 2.24) is 29.5 Å². The Morgan fingerprint density at radius 1 is 1.16 bits per heavy atom. The number of halogens is 2. The molecule has 13 heteroatoms. The second-order valence-corrected chi connectivity index (χ2v) is 12.8. The van der Waals surface area contributed by atoms with Crippen LogP contribution in [0.15, 0.2) is 47.6 Å². The van der Waals surface area contributed by atoms with Gasteiger partial charge in [0.2, 0.25) is 5.88 Å². The molecule has 0 spiro atoms. The van der Waals surface area contributed by atoms with E-state index in [4.69, 9.17) is 14.5 Å². The first-order valence-electron chi connectivity index (χ1n) is 14.1. The molecule has 0 saturated carbocycles. The van der Waals surface area contributed by atoms with Crippen LogP contribution in [0.4, 0.5) is 8.78 Å². The van der Waals surface area contributed by atoms with Gasteiger partial charge in [0.1, 0.15) is 16.2 Å². The van der Waals surface area contributed by atoms with E-state index in [9.17, 15) is 12.8 Å². The van der Waals surface area contributed by atoms with Crippen molar-refractivity contribution in [2.24, 2.45) is 13.0 Å². The minimum Gasteiger partial charge on any atom is -0.477 e. The third-order valence-corrected chi connectivity index (χ3v) is 9.09. The predicted molar refractivity (Wildman–Crippen MR) is 157 cm³/mol. The largest absolute Gasteiger partial charge is 0.477 e. The topological polar surface area (TPSA) is 114 Å². The van der Waals surface area contributed by atoms with Crippen molar-refractivity contribution in [2.75, 3.05) is 32.8 Å². The highest BCUT2D eigenvalue weighted by molar-refractivity contribution is 7.91. The zero-order valence-electron chi connectivity index (χ0n) is 24.1. The Morgan fingerprint density at radius 2 is 1.93 bits per heavy atom. The van der Waals surface area contributed by atoms with E-state index in [1.807, 2.05) is 17.6 Å². The number of ether oxygens (including phenoxy) is 2.